The first kappa shape index (κ1) is 14.5. The van der Waals surface area contributed by atoms with Gasteiger partial charge in [0.15, 0.2) is 0 Å². The Balaban J connectivity index is 1.79. The van der Waals surface area contributed by atoms with Gasteiger partial charge in [-0.3, -0.25) is 4.99 Å². The quantitative estimate of drug-likeness (QED) is 0.693. The molecule has 3 nitrogen and oxygen atoms in total. The third-order valence-electron chi connectivity index (χ3n) is 4.29. The summed E-state index contributed by atoms with van der Waals surface area (Å²) in [7, 11) is 0. The second-order valence-corrected chi connectivity index (χ2v) is 5.93. The van der Waals surface area contributed by atoms with Gasteiger partial charge in [0.1, 0.15) is 5.75 Å². The lowest BCUT2D eigenvalue weighted by molar-refractivity contribution is 0.475. The molecule has 4 rings (SSSR count). The Bertz CT molecular complexity index is 870. The molecule has 24 heavy (non-hydrogen) atoms. The standard InChI is InChI=1S/C21H18N2O/c24-17-12-10-16(11-13-17)21-14-20(15-6-2-1-3-7-15)22-18-8-4-5-9-19(18)23-21/h1-13,21,23-24H,14H2. The number of hydrogen-bond acceptors (Lipinski definition) is 3. The van der Waals surface area contributed by atoms with Crippen molar-refractivity contribution in [1.82, 2.24) is 0 Å². The van der Waals surface area contributed by atoms with Crippen molar-refractivity contribution in [3.63, 3.8) is 0 Å². The number of aromatic hydroxyl groups is 1. The summed E-state index contributed by atoms with van der Waals surface area (Å²) >= 11 is 0. The van der Waals surface area contributed by atoms with Crippen LogP contribution in [0.5, 0.6) is 5.75 Å². The van der Waals surface area contributed by atoms with Crippen LogP contribution in [0, 0.1) is 0 Å². The zero-order valence-electron chi connectivity index (χ0n) is 13.2. The molecule has 3 aromatic carbocycles. The van der Waals surface area contributed by atoms with Crippen molar-refractivity contribution >= 4 is 17.1 Å². The summed E-state index contributed by atoms with van der Waals surface area (Å²) in [6.07, 6.45) is 0.781. The Morgan fingerprint density at radius 2 is 1.54 bits per heavy atom. The van der Waals surface area contributed by atoms with Gasteiger partial charge in [0.25, 0.3) is 0 Å². The molecule has 0 aromatic heterocycles. The van der Waals surface area contributed by atoms with Gasteiger partial charge in [-0.15, -0.1) is 0 Å². The first-order chi connectivity index (χ1) is 11.8. The van der Waals surface area contributed by atoms with E-state index in [-0.39, 0.29) is 11.8 Å². The molecule has 0 radical (unpaired) electrons. The highest BCUT2D eigenvalue weighted by atomic mass is 16.3. The van der Waals surface area contributed by atoms with E-state index in [1.807, 2.05) is 48.5 Å². The van der Waals surface area contributed by atoms with Crippen molar-refractivity contribution in [1.29, 1.82) is 0 Å². The van der Waals surface area contributed by atoms with Crippen LogP contribution in [0.2, 0.25) is 0 Å². The van der Waals surface area contributed by atoms with Crippen LogP contribution in [0.1, 0.15) is 23.6 Å². The number of para-hydroxylation sites is 2. The predicted octanol–water partition coefficient (Wildman–Crippen LogP) is 5.07. The van der Waals surface area contributed by atoms with Gasteiger partial charge in [-0.05, 0) is 35.4 Å². The van der Waals surface area contributed by atoms with E-state index in [4.69, 9.17) is 4.99 Å². The first-order valence-electron chi connectivity index (χ1n) is 8.07. The molecule has 0 amide bonds. The highest BCUT2D eigenvalue weighted by Gasteiger charge is 2.20. The smallest absolute Gasteiger partial charge is 0.115 e. The molecule has 0 aliphatic carbocycles. The van der Waals surface area contributed by atoms with Gasteiger partial charge in [-0.25, -0.2) is 0 Å². The maximum absolute atomic E-state index is 9.55. The number of phenolic OH excluding ortho intramolecular Hbond substituents is 1. The summed E-state index contributed by atoms with van der Waals surface area (Å²) < 4.78 is 0. The molecule has 0 spiro atoms. The fourth-order valence-corrected chi connectivity index (χ4v) is 3.04. The maximum atomic E-state index is 9.55. The number of phenols is 1. The van der Waals surface area contributed by atoms with Gasteiger partial charge in [0, 0.05) is 6.42 Å². The summed E-state index contributed by atoms with van der Waals surface area (Å²) in [4.78, 5) is 4.91. The predicted molar refractivity (Wildman–Crippen MR) is 98.2 cm³/mol. The molecule has 1 aliphatic heterocycles. The SMILES string of the molecule is Oc1ccc(C2CC(c3ccccc3)=Nc3ccccc3N2)cc1. The molecule has 0 saturated heterocycles. The van der Waals surface area contributed by atoms with Crippen molar-refractivity contribution in [2.24, 2.45) is 4.99 Å². The molecule has 3 aromatic rings. The van der Waals surface area contributed by atoms with Gasteiger partial charge in [-0.1, -0.05) is 54.6 Å². The molecule has 3 heteroatoms. The van der Waals surface area contributed by atoms with Crippen molar-refractivity contribution in [2.75, 3.05) is 5.32 Å². The van der Waals surface area contributed by atoms with Crippen molar-refractivity contribution in [3.8, 4) is 5.75 Å². The average Bonchev–Trinajstić information content (AvgIpc) is 2.83. The zero-order valence-corrected chi connectivity index (χ0v) is 13.2. The van der Waals surface area contributed by atoms with E-state index >= 15 is 0 Å². The lowest BCUT2D eigenvalue weighted by Gasteiger charge is -2.19. The number of nitrogens with one attached hydrogen (secondary N) is 1. The number of anilines is 1. The van der Waals surface area contributed by atoms with Crippen molar-refractivity contribution in [2.45, 2.75) is 12.5 Å². The molecule has 1 unspecified atom stereocenters. The summed E-state index contributed by atoms with van der Waals surface area (Å²) in [5.41, 5.74) is 5.32. The first-order valence-corrected chi connectivity index (χ1v) is 8.07. The lowest BCUT2D eigenvalue weighted by Crippen LogP contribution is -2.14. The monoisotopic (exact) mass is 314 g/mol. The van der Waals surface area contributed by atoms with E-state index in [0.717, 1.165) is 34.6 Å². The highest BCUT2D eigenvalue weighted by Crippen LogP contribution is 2.35. The lowest BCUT2D eigenvalue weighted by atomic mass is 9.97. The average molecular weight is 314 g/mol. The maximum Gasteiger partial charge on any atom is 0.115 e. The van der Waals surface area contributed by atoms with Gasteiger partial charge in [-0.2, -0.15) is 0 Å². The zero-order chi connectivity index (χ0) is 16.4. The molecule has 1 aliphatic rings. The number of nitrogens with zero attached hydrogens (tertiary/aromatic N) is 1. The molecule has 1 heterocycles. The number of fused-ring (bicyclic) bond motifs is 1. The molecule has 0 saturated carbocycles. The third-order valence-corrected chi connectivity index (χ3v) is 4.29. The van der Waals surface area contributed by atoms with E-state index in [9.17, 15) is 5.11 Å². The van der Waals surface area contributed by atoms with E-state index in [1.165, 1.54) is 0 Å². The van der Waals surface area contributed by atoms with E-state index in [0.29, 0.717) is 0 Å². The van der Waals surface area contributed by atoms with Crippen molar-refractivity contribution < 1.29 is 5.11 Å². The Kier molecular flexibility index (Phi) is 3.75. The summed E-state index contributed by atoms with van der Waals surface area (Å²) in [6, 6.07) is 25.9. The van der Waals surface area contributed by atoms with Crippen LogP contribution in [-0.4, -0.2) is 10.8 Å². The minimum Gasteiger partial charge on any atom is -0.508 e. The van der Waals surface area contributed by atoms with Gasteiger partial charge in [0.05, 0.1) is 23.1 Å². The molecule has 0 bridgehead atoms. The largest absolute Gasteiger partial charge is 0.508 e. The minimum atomic E-state index is 0.105. The van der Waals surface area contributed by atoms with Crippen molar-refractivity contribution in [3.05, 3.63) is 90.0 Å². The van der Waals surface area contributed by atoms with Gasteiger partial charge < -0.3 is 10.4 Å². The van der Waals surface area contributed by atoms with Crippen LogP contribution in [0.15, 0.2) is 83.9 Å². The van der Waals surface area contributed by atoms with Crippen LogP contribution >= 0.6 is 0 Å². The number of benzene rings is 3. The topological polar surface area (TPSA) is 44.6 Å². The van der Waals surface area contributed by atoms with E-state index < -0.39 is 0 Å². The van der Waals surface area contributed by atoms with E-state index in [2.05, 4.69) is 23.5 Å². The Morgan fingerprint density at radius 3 is 2.33 bits per heavy atom. The fourth-order valence-electron chi connectivity index (χ4n) is 3.04. The second-order valence-electron chi connectivity index (χ2n) is 5.93. The molecule has 2 N–H and O–H groups in total. The van der Waals surface area contributed by atoms with Crippen LogP contribution in [0.25, 0.3) is 0 Å². The molecule has 118 valence electrons. The molecular formula is C21H18N2O. The van der Waals surface area contributed by atoms with Crippen LogP contribution < -0.4 is 5.32 Å². The van der Waals surface area contributed by atoms with Gasteiger partial charge in [0.2, 0.25) is 0 Å². The molecule has 1 atom stereocenters. The Labute approximate surface area is 141 Å². The number of hydrogen-bond donors (Lipinski definition) is 2. The van der Waals surface area contributed by atoms with Crippen LogP contribution in [0.4, 0.5) is 11.4 Å². The fraction of sp³-hybridized carbons (Fsp3) is 0.0952. The highest BCUT2D eigenvalue weighted by molar-refractivity contribution is 6.04. The number of rotatable bonds is 2. The molecular weight excluding hydrogens is 296 g/mol. The number of aliphatic imine (C=N–C) groups is 1. The Hall–Kier alpha value is -3.07. The summed E-state index contributed by atoms with van der Waals surface area (Å²) in [5, 5.41) is 13.2. The summed E-state index contributed by atoms with van der Waals surface area (Å²) in [5.74, 6) is 0.282. The van der Waals surface area contributed by atoms with E-state index in [1.54, 1.807) is 12.1 Å². The molecule has 0 fully saturated rings. The second kappa shape index (κ2) is 6.20. The normalized spacial score (nSPS) is 16.5. The van der Waals surface area contributed by atoms with Crippen LogP contribution in [0.3, 0.4) is 0 Å². The third kappa shape index (κ3) is 2.88. The minimum absolute atomic E-state index is 0.105. The summed E-state index contributed by atoms with van der Waals surface area (Å²) in [6.45, 7) is 0. The Morgan fingerprint density at radius 1 is 0.833 bits per heavy atom. The van der Waals surface area contributed by atoms with Crippen LogP contribution in [-0.2, 0) is 0 Å². The van der Waals surface area contributed by atoms with Gasteiger partial charge >= 0.3 is 0 Å².